The van der Waals surface area contributed by atoms with Crippen molar-refractivity contribution in [1.82, 2.24) is 9.66 Å². The van der Waals surface area contributed by atoms with Crippen molar-refractivity contribution in [3.8, 4) is 17.3 Å². The lowest BCUT2D eigenvalue weighted by atomic mass is 10.2. The molecule has 0 radical (unpaired) electrons. The number of furan rings is 1. The van der Waals surface area contributed by atoms with E-state index in [1.165, 1.54) is 18.3 Å². The topological polar surface area (TPSA) is 113 Å². The molecule has 0 aliphatic heterocycles. The summed E-state index contributed by atoms with van der Waals surface area (Å²) < 4.78 is 14.6. The molecule has 208 valence electrons. The van der Waals surface area contributed by atoms with Crippen molar-refractivity contribution in [2.24, 2.45) is 5.10 Å². The summed E-state index contributed by atoms with van der Waals surface area (Å²) >= 11 is 13.3. The van der Waals surface area contributed by atoms with Crippen molar-refractivity contribution in [1.29, 1.82) is 0 Å². The lowest BCUT2D eigenvalue weighted by Crippen LogP contribution is -2.20. The number of nitrogens with zero attached hydrogens (tertiary/aromatic N) is 4. The number of ether oxygens (including phenoxy) is 1. The van der Waals surface area contributed by atoms with E-state index in [1.54, 1.807) is 36.4 Å². The zero-order valence-electron chi connectivity index (χ0n) is 21.3. The second kappa shape index (κ2) is 11.5. The molecular weight excluding hydrogens is 692 g/mol. The van der Waals surface area contributed by atoms with E-state index in [0.29, 0.717) is 22.2 Å². The highest BCUT2D eigenvalue weighted by Crippen LogP contribution is 2.36. The predicted molar refractivity (Wildman–Crippen MR) is 168 cm³/mol. The van der Waals surface area contributed by atoms with Gasteiger partial charge in [-0.1, -0.05) is 67.7 Å². The Morgan fingerprint density at radius 2 is 1.79 bits per heavy atom. The fourth-order valence-electron chi connectivity index (χ4n) is 4.33. The number of nitro groups is 1. The third-order valence-electron chi connectivity index (χ3n) is 6.31. The highest BCUT2D eigenvalue weighted by atomic mass is 79.9. The summed E-state index contributed by atoms with van der Waals surface area (Å²) in [5.74, 6) is 0.418. The summed E-state index contributed by atoms with van der Waals surface area (Å²) in [6.07, 6.45) is 1.30. The average molecular weight is 709 g/mol. The van der Waals surface area contributed by atoms with E-state index in [2.05, 4.69) is 41.9 Å². The number of halogens is 3. The van der Waals surface area contributed by atoms with Gasteiger partial charge in [0.15, 0.2) is 5.76 Å². The van der Waals surface area contributed by atoms with Crippen LogP contribution >= 0.6 is 43.5 Å². The van der Waals surface area contributed by atoms with Crippen LogP contribution in [0.4, 0.5) is 5.69 Å². The van der Waals surface area contributed by atoms with E-state index < -0.39 is 10.5 Å². The SMILES string of the molecule is O=c1c2ccccc2nc(-c2cc3cc(Br)ccc3o2)n1N=Cc1cc(Cl)c(OCc2ccc(Br)cc2)c([N+](=O)[O-])c1. The van der Waals surface area contributed by atoms with Crippen LogP contribution in [0, 0.1) is 10.1 Å². The average Bonchev–Trinajstić information content (AvgIpc) is 3.39. The Labute approximate surface area is 259 Å². The summed E-state index contributed by atoms with van der Waals surface area (Å²) in [6, 6.07) is 24.3. The number of rotatable bonds is 7. The van der Waals surface area contributed by atoms with Gasteiger partial charge in [-0.05, 0) is 60.2 Å². The number of fused-ring (bicyclic) bond motifs is 2. The molecule has 0 aliphatic rings. The van der Waals surface area contributed by atoms with E-state index in [0.717, 1.165) is 24.6 Å². The first-order chi connectivity index (χ1) is 20.3. The molecule has 2 heterocycles. The third kappa shape index (κ3) is 5.58. The van der Waals surface area contributed by atoms with Gasteiger partial charge in [-0.15, -0.1) is 0 Å². The first kappa shape index (κ1) is 27.8. The molecule has 12 heteroatoms. The molecule has 6 aromatic rings. The predicted octanol–water partition coefficient (Wildman–Crippen LogP) is 8.36. The molecule has 9 nitrogen and oxygen atoms in total. The molecule has 0 atom stereocenters. The van der Waals surface area contributed by atoms with Crippen LogP contribution < -0.4 is 10.3 Å². The van der Waals surface area contributed by atoms with Crippen LogP contribution in [0.2, 0.25) is 5.02 Å². The summed E-state index contributed by atoms with van der Waals surface area (Å²) in [4.78, 5) is 29.6. The van der Waals surface area contributed by atoms with Crippen LogP contribution in [0.25, 0.3) is 33.5 Å². The van der Waals surface area contributed by atoms with Gasteiger partial charge in [-0.2, -0.15) is 9.78 Å². The number of benzene rings is 4. The molecule has 42 heavy (non-hydrogen) atoms. The summed E-state index contributed by atoms with van der Waals surface area (Å²) in [5, 5.41) is 17.5. The smallest absolute Gasteiger partial charge is 0.313 e. The highest BCUT2D eigenvalue weighted by molar-refractivity contribution is 9.10. The van der Waals surface area contributed by atoms with Crippen molar-refractivity contribution in [3.63, 3.8) is 0 Å². The van der Waals surface area contributed by atoms with Crippen molar-refractivity contribution >= 4 is 77.2 Å². The highest BCUT2D eigenvalue weighted by Gasteiger charge is 2.21. The van der Waals surface area contributed by atoms with E-state index in [4.69, 9.17) is 20.8 Å². The van der Waals surface area contributed by atoms with Crippen molar-refractivity contribution < 1.29 is 14.1 Å². The van der Waals surface area contributed by atoms with Gasteiger partial charge in [-0.25, -0.2) is 4.98 Å². The molecule has 6 rings (SSSR count). The Morgan fingerprint density at radius 3 is 2.57 bits per heavy atom. The lowest BCUT2D eigenvalue weighted by Gasteiger charge is -2.10. The van der Waals surface area contributed by atoms with Gasteiger partial charge >= 0.3 is 5.69 Å². The fourth-order valence-corrected chi connectivity index (χ4v) is 5.25. The zero-order valence-corrected chi connectivity index (χ0v) is 25.3. The van der Waals surface area contributed by atoms with Gasteiger partial charge < -0.3 is 9.15 Å². The third-order valence-corrected chi connectivity index (χ3v) is 7.62. The van der Waals surface area contributed by atoms with Gasteiger partial charge in [0, 0.05) is 26.0 Å². The Hall–Kier alpha value is -4.32. The van der Waals surface area contributed by atoms with Gasteiger partial charge in [0.05, 0.1) is 27.1 Å². The monoisotopic (exact) mass is 706 g/mol. The standard InChI is InChI=1S/C30H17Br2ClN4O5/c31-20-7-5-17(6-8-20)16-41-28-23(33)11-18(12-25(28)37(39)40)15-34-36-29(35-24-4-2-1-3-22(24)30(36)38)27-14-19-13-21(32)9-10-26(19)42-27/h1-15H,16H2. The largest absolute Gasteiger partial charge is 0.481 e. The van der Waals surface area contributed by atoms with Crippen molar-refractivity contribution in [2.75, 3.05) is 0 Å². The summed E-state index contributed by atoms with van der Waals surface area (Å²) in [7, 11) is 0. The first-order valence-corrected chi connectivity index (χ1v) is 14.3. The second-order valence-electron chi connectivity index (χ2n) is 9.13. The molecule has 0 bridgehead atoms. The Morgan fingerprint density at radius 1 is 1.02 bits per heavy atom. The minimum absolute atomic E-state index is 0.0230. The number of hydrogen-bond acceptors (Lipinski definition) is 7. The Bertz CT molecular complexity index is 2090. The van der Waals surface area contributed by atoms with Crippen LogP contribution in [0.5, 0.6) is 5.75 Å². The molecule has 0 spiro atoms. The number of hydrogen-bond donors (Lipinski definition) is 0. The quantitative estimate of drug-likeness (QED) is 0.0936. The van der Waals surface area contributed by atoms with Gasteiger partial charge in [-0.3, -0.25) is 14.9 Å². The molecule has 0 aliphatic carbocycles. The molecule has 0 unspecified atom stereocenters. The van der Waals surface area contributed by atoms with E-state index in [-0.39, 0.29) is 34.5 Å². The maximum absolute atomic E-state index is 13.6. The van der Waals surface area contributed by atoms with Crippen molar-refractivity contribution in [2.45, 2.75) is 6.61 Å². The minimum atomic E-state index is -0.581. The normalized spacial score (nSPS) is 11.5. The van der Waals surface area contributed by atoms with Crippen molar-refractivity contribution in [3.05, 3.63) is 130 Å². The zero-order chi connectivity index (χ0) is 29.4. The first-order valence-electron chi connectivity index (χ1n) is 12.4. The molecule has 0 N–H and O–H groups in total. The van der Waals surface area contributed by atoms with E-state index in [1.807, 2.05) is 36.4 Å². The molecule has 0 fully saturated rings. The van der Waals surface area contributed by atoms with Gasteiger partial charge in [0.1, 0.15) is 12.2 Å². The Balaban J connectivity index is 1.41. The van der Waals surface area contributed by atoms with E-state index >= 15 is 0 Å². The lowest BCUT2D eigenvalue weighted by molar-refractivity contribution is -0.385. The second-order valence-corrected chi connectivity index (χ2v) is 11.4. The van der Waals surface area contributed by atoms with Gasteiger partial charge in [0.2, 0.25) is 11.6 Å². The van der Waals surface area contributed by atoms with Gasteiger partial charge in [0.25, 0.3) is 5.56 Å². The summed E-state index contributed by atoms with van der Waals surface area (Å²) in [5.41, 5.74) is 1.38. The number of nitro benzene ring substituents is 1. The fraction of sp³-hybridized carbons (Fsp3) is 0.0333. The van der Waals surface area contributed by atoms with Crippen LogP contribution in [0.15, 0.2) is 108 Å². The van der Waals surface area contributed by atoms with Crippen LogP contribution in [-0.2, 0) is 6.61 Å². The molecule has 0 saturated carbocycles. The maximum Gasteiger partial charge on any atom is 0.313 e. The van der Waals surface area contributed by atoms with E-state index in [9.17, 15) is 14.9 Å². The molecule has 0 amide bonds. The van der Waals surface area contributed by atoms with Crippen LogP contribution in [0.1, 0.15) is 11.1 Å². The Kier molecular flexibility index (Phi) is 7.63. The molecule has 0 saturated heterocycles. The molecule has 4 aromatic carbocycles. The van der Waals surface area contributed by atoms with Crippen LogP contribution in [-0.4, -0.2) is 20.8 Å². The minimum Gasteiger partial charge on any atom is -0.481 e. The summed E-state index contributed by atoms with van der Waals surface area (Å²) in [6.45, 7) is 0.0802. The number of aromatic nitrogens is 2. The number of para-hydroxylation sites is 1. The molecule has 2 aromatic heterocycles. The molecular formula is C30H17Br2ClN4O5. The maximum atomic E-state index is 13.6. The van der Waals surface area contributed by atoms with Crippen LogP contribution in [0.3, 0.4) is 0 Å².